The summed E-state index contributed by atoms with van der Waals surface area (Å²) in [5.74, 6) is 1.35. The van der Waals surface area contributed by atoms with Crippen molar-refractivity contribution < 1.29 is 4.79 Å². The Morgan fingerprint density at radius 1 is 1.10 bits per heavy atom. The van der Waals surface area contributed by atoms with Crippen LogP contribution in [0, 0.1) is 11.8 Å². The van der Waals surface area contributed by atoms with E-state index >= 15 is 0 Å². The molecular formula is C16H29N3O. The van der Waals surface area contributed by atoms with Gasteiger partial charge in [0.05, 0.1) is 0 Å². The maximum absolute atomic E-state index is 12.3. The molecule has 114 valence electrons. The van der Waals surface area contributed by atoms with E-state index in [0.29, 0.717) is 36.5 Å². The minimum atomic E-state index is 0.265. The van der Waals surface area contributed by atoms with Crippen LogP contribution in [0.3, 0.4) is 0 Å². The maximum Gasteiger partial charge on any atom is 0.220 e. The highest BCUT2D eigenvalue weighted by atomic mass is 16.1. The number of carbonyl (C=O) groups excluding carboxylic acids is 1. The van der Waals surface area contributed by atoms with Gasteiger partial charge in [0.1, 0.15) is 0 Å². The third kappa shape index (κ3) is 3.34. The van der Waals surface area contributed by atoms with Gasteiger partial charge in [-0.15, -0.1) is 0 Å². The molecule has 2 heterocycles. The number of hydrogen-bond acceptors (Lipinski definition) is 3. The van der Waals surface area contributed by atoms with Crippen molar-refractivity contribution in [1.29, 1.82) is 0 Å². The molecule has 2 saturated heterocycles. The fourth-order valence-electron chi connectivity index (χ4n) is 4.55. The first kappa shape index (κ1) is 14.3. The Hall–Kier alpha value is -0.610. The fourth-order valence-corrected chi connectivity index (χ4v) is 4.55. The van der Waals surface area contributed by atoms with Gasteiger partial charge in [0.25, 0.3) is 0 Å². The average molecular weight is 279 g/mol. The fraction of sp³-hybridized carbons (Fsp3) is 0.938. The van der Waals surface area contributed by atoms with E-state index in [2.05, 4.69) is 10.6 Å². The molecule has 4 N–H and O–H groups in total. The van der Waals surface area contributed by atoms with Gasteiger partial charge in [0.15, 0.2) is 0 Å². The normalized spacial score (nSPS) is 40.5. The molecule has 2 aliphatic heterocycles. The molecule has 3 rings (SSSR count). The van der Waals surface area contributed by atoms with Crippen LogP contribution in [0.4, 0.5) is 0 Å². The molecule has 4 nitrogen and oxygen atoms in total. The molecule has 0 aromatic carbocycles. The third-order valence-corrected chi connectivity index (χ3v) is 5.60. The second-order valence-corrected chi connectivity index (χ2v) is 7.13. The van der Waals surface area contributed by atoms with Crippen LogP contribution < -0.4 is 16.4 Å². The second-order valence-electron chi connectivity index (χ2n) is 7.13. The molecule has 0 spiro atoms. The summed E-state index contributed by atoms with van der Waals surface area (Å²) in [6, 6.07) is 1.69. The molecule has 4 atom stereocenters. The Labute approximate surface area is 122 Å². The molecule has 3 fully saturated rings. The van der Waals surface area contributed by atoms with Gasteiger partial charge in [-0.1, -0.05) is 12.8 Å². The standard InChI is InChI=1S/C16H29N3O/c17-10-12-3-1-2-4-15(12)19-16(20)9-11-7-13-5-6-14(8-11)18-13/h11-15,18H,1-10,17H2,(H,19,20). The summed E-state index contributed by atoms with van der Waals surface area (Å²) in [4.78, 5) is 12.3. The lowest BCUT2D eigenvalue weighted by atomic mass is 9.84. The molecule has 1 amide bonds. The van der Waals surface area contributed by atoms with E-state index in [-0.39, 0.29) is 5.91 Å². The van der Waals surface area contributed by atoms with E-state index < -0.39 is 0 Å². The van der Waals surface area contributed by atoms with Crippen molar-refractivity contribution in [3.05, 3.63) is 0 Å². The Bertz CT molecular complexity index is 335. The predicted molar refractivity (Wildman–Crippen MR) is 80.2 cm³/mol. The Kier molecular flexibility index (Phi) is 4.61. The van der Waals surface area contributed by atoms with E-state index in [1.807, 2.05) is 0 Å². The summed E-state index contributed by atoms with van der Waals surface area (Å²) in [7, 11) is 0. The Morgan fingerprint density at radius 3 is 2.50 bits per heavy atom. The summed E-state index contributed by atoms with van der Waals surface area (Å²) in [6.07, 6.45) is 10.5. The van der Waals surface area contributed by atoms with Crippen molar-refractivity contribution in [2.24, 2.45) is 17.6 Å². The molecule has 0 radical (unpaired) electrons. The number of rotatable bonds is 4. The first-order chi connectivity index (χ1) is 9.74. The van der Waals surface area contributed by atoms with Crippen LogP contribution in [0.5, 0.6) is 0 Å². The van der Waals surface area contributed by atoms with E-state index in [0.717, 1.165) is 12.8 Å². The van der Waals surface area contributed by atoms with E-state index in [1.165, 1.54) is 44.9 Å². The lowest BCUT2D eigenvalue weighted by Gasteiger charge is -2.33. The molecule has 20 heavy (non-hydrogen) atoms. The highest BCUT2D eigenvalue weighted by Gasteiger charge is 2.34. The van der Waals surface area contributed by atoms with Crippen molar-refractivity contribution in [1.82, 2.24) is 10.6 Å². The molecule has 0 aromatic rings. The Morgan fingerprint density at radius 2 is 1.80 bits per heavy atom. The second kappa shape index (κ2) is 6.44. The SMILES string of the molecule is NCC1CCCCC1NC(=O)CC1CC2CCC(C1)N2. The minimum Gasteiger partial charge on any atom is -0.353 e. The zero-order valence-electron chi connectivity index (χ0n) is 12.4. The van der Waals surface area contributed by atoms with Gasteiger partial charge >= 0.3 is 0 Å². The molecular weight excluding hydrogens is 250 g/mol. The van der Waals surface area contributed by atoms with Crippen LogP contribution in [-0.2, 0) is 4.79 Å². The summed E-state index contributed by atoms with van der Waals surface area (Å²) in [5, 5.41) is 6.92. The van der Waals surface area contributed by atoms with Gasteiger partial charge < -0.3 is 16.4 Å². The zero-order chi connectivity index (χ0) is 13.9. The molecule has 2 bridgehead atoms. The van der Waals surface area contributed by atoms with Gasteiger partial charge in [-0.3, -0.25) is 4.79 Å². The van der Waals surface area contributed by atoms with Crippen LogP contribution in [0.25, 0.3) is 0 Å². The summed E-state index contributed by atoms with van der Waals surface area (Å²) in [5.41, 5.74) is 5.84. The summed E-state index contributed by atoms with van der Waals surface area (Å²) >= 11 is 0. The number of nitrogens with one attached hydrogen (secondary N) is 2. The number of piperidine rings is 1. The maximum atomic E-state index is 12.3. The molecule has 1 saturated carbocycles. The topological polar surface area (TPSA) is 67.1 Å². The number of nitrogens with two attached hydrogens (primary N) is 1. The highest BCUT2D eigenvalue weighted by Crippen LogP contribution is 2.32. The number of amides is 1. The Balaban J connectivity index is 1.47. The monoisotopic (exact) mass is 279 g/mol. The first-order valence-corrected chi connectivity index (χ1v) is 8.50. The summed E-state index contributed by atoms with van der Waals surface area (Å²) in [6.45, 7) is 0.711. The van der Waals surface area contributed by atoms with Gasteiger partial charge in [-0.2, -0.15) is 0 Å². The third-order valence-electron chi connectivity index (χ3n) is 5.60. The molecule has 4 heteroatoms. The van der Waals surface area contributed by atoms with Gasteiger partial charge in [-0.05, 0) is 56.9 Å². The number of hydrogen-bond donors (Lipinski definition) is 3. The molecule has 3 aliphatic rings. The predicted octanol–water partition coefficient (Wildman–Crippen LogP) is 1.54. The number of carbonyl (C=O) groups is 1. The van der Waals surface area contributed by atoms with Crippen LogP contribution in [-0.4, -0.2) is 30.6 Å². The van der Waals surface area contributed by atoms with E-state index in [1.54, 1.807) is 0 Å². The lowest BCUT2D eigenvalue weighted by molar-refractivity contribution is -0.123. The minimum absolute atomic E-state index is 0.265. The quantitative estimate of drug-likeness (QED) is 0.731. The number of fused-ring (bicyclic) bond motifs is 2. The first-order valence-electron chi connectivity index (χ1n) is 8.50. The van der Waals surface area contributed by atoms with Crippen LogP contribution in [0.1, 0.15) is 57.8 Å². The van der Waals surface area contributed by atoms with Crippen molar-refractivity contribution in [3.8, 4) is 0 Å². The van der Waals surface area contributed by atoms with Gasteiger partial charge in [-0.25, -0.2) is 0 Å². The van der Waals surface area contributed by atoms with Crippen LogP contribution in [0.2, 0.25) is 0 Å². The van der Waals surface area contributed by atoms with Gasteiger partial charge in [0.2, 0.25) is 5.91 Å². The smallest absolute Gasteiger partial charge is 0.220 e. The molecule has 0 aromatic heterocycles. The van der Waals surface area contributed by atoms with Gasteiger partial charge in [0, 0.05) is 24.5 Å². The zero-order valence-corrected chi connectivity index (χ0v) is 12.4. The van der Waals surface area contributed by atoms with Crippen LogP contribution >= 0.6 is 0 Å². The van der Waals surface area contributed by atoms with E-state index in [9.17, 15) is 4.79 Å². The van der Waals surface area contributed by atoms with Crippen molar-refractivity contribution in [2.75, 3.05) is 6.54 Å². The largest absolute Gasteiger partial charge is 0.353 e. The highest BCUT2D eigenvalue weighted by molar-refractivity contribution is 5.76. The van der Waals surface area contributed by atoms with Crippen molar-refractivity contribution in [3.63, 3.8) is 0 Å². The molecule has 1 aliphatic carbocycles. The van der Waals surface area contributed by atoms with Crippen molar-refractivity contribution >= 4 is 5.91 Å². The van der Waals surface area contributed by atoms with Crippen LogP contribution in [0.15, 0.2) is 0 Å². The summed E-state index contributed by atoms with van der Waals surface area (Å²) < 4.78 is 0. The average Bonchev–Trinajstić information content (AvgIpc) is 2.78. The lowest BCUT2D eigenvalue weighted by Crippen LogP contribution is -2.46. The van der Waals surface area contributed by atoms with Crippen molar-refractivity contribution in [2.45, 2.75) is 75.9 Å². The van der Waals surface area contributed by atoms with E-state index in [4.69, 9.17) is 5.73 Å². The molecule has 4 unspecified atom stereocenters.